The molecule has 2 rings (SSSR count). The Morgan fingerprint density at radius 1 is 1.33 bits per heavy atom. The molecule has 1 aromatic heterocycles. The average molecular weight is 369 g/mol. The number of hydrogen-bond donors (Lipinski definition) is 1. The Hall–Kier alpha value is -3.44. The van der Waals surface area contributed by atoms with E-state index in [0.717, 1.165) is 4.57 Å². The second kappa shape index (κ2) is 8.78. The predicted molar refractivity (Wildman–Crippen MR) is 98.7 cm³/mol. The summed E-state index contributed by atoms with van der Waals surface area (Å²) >= 11 is 0. The van der Waals surface area contributed by atoms with Crippen LogP contribution in [-0.2, 0) is 16.0 Å². The molecule has 2 aromatic rings. The van der Waals surface area contributed by atoms with Crippen molar-refractivity contribution in [3.05, 3.63) is 56.9 Å². The third kappa shape index (κ3) is 4.22. The van der Waals surface area contributed by atoms with Gasteiger partial charge in [-0.2, -0.15) is 5.26 Å². The SMILES string of the molecule is COCCn1c(O)c(C=Nc2ccc(C(=O)OC)cc2)c(C)c(C#N)c1=O. The lowest BCUT2D eigenvalue weighted by molar-refractivity contribution is 0.0601. The highest BCUT2D eigenvalue weighted by Gasteiger charge is 2.17. The molecular formula is C19H19N3O5. The maximum atomic E-state index is 12.3. The molecule has 8 heteroatoms. The molecule has 0 saturated heterocycles. The molecule has 0 radical (unpaired) electrons. The molecule has 0 atom stereocenters. The van der Waals surface area contributed by atoms with E-state index in [2.05, 4.69) is 9.73 Å². The highest BCUT2D eigenvalue weighted by Crippen LogP contribution is 2.21. The summed E-state index contributed by atoms with van der Waals surface area (Å²) < 4.78 is 10.7. The topological polar surface area (TPSA) is 114 Å². The largest absolute Gasteiger partial charge is 0.494 e. The highest BCUT2D eigenvalue weighted by atomic mass is 16.5. The van der Waals surface area contributed by atoms with Gasteiger partial charge in [-0.3, -0.25) is 14.4 Å². The number of nitrogens with zero attached hydrogens (tertiary/aromatic N) is 3. The first-order chi connectivity index (χ1) is 12.9. The lowest BCUT2D eigenvalue weighted by Gasteiger charge is -2.13. The Morgan fingerprint density at radius 2 is 2.00 bits per heavy atom. The predicted octanol–water partition coefficient (Wildman–Crippen LogP) is 1.92. The number of ether oxygens (including phenoxy) is 2. The smallest absolute Gasteiger partial charge is 0.337 e. The van der Waals surface area contributed by atoms with Crippen molar-refractivity contribution in [2.75, 3.05) is 20.8 Å². The van der Waals surface area contributed by atoms with Crippen LogP contribution in [0.3, 0.4) is 0 Å². The Balaban J connectivity index is 2.46. The minimum absolute atomic E-state index is 0.0635. The monoisotopic (exact) mass is 369 g/mol. The van der Waals surface area contributed by atoms with E-state index in [1.165, 1.54) is 20.4 Å². The molecule has 0 bridgehead atoms. The molecule has 0 aliphatic heterocycles. The van der Waals surface area contributed by atoms with Crippen molar-refractivity contribution in [1.29, 1.82) is 5.26 Å². The van der Waals surface area contributed by atoms with Gasteiger partial charge in [-0.25, -0.2) is 4.79 Å². The fraction of sp³-hybridized carbons (Fsp3) is 0.263. The van der Waals surface area contributed by atoms with E-state index in [9.17, 15) is 20.0 Å². The summed E-state index contributed by atoms with van der Waals surface area (Å²) in [5.41, 5.74) is 0.864. The Labute approximate surface area is 155 Å². The molecule has 27 heavy (non-hydrogen) atoms. The van der Waals surface area contributed by atoms with Crippen molar-refractivity contribution < 1.29 is 19.4 Å². The van der Waals surface area contributed by atoms with Crippen LogP contribution >= 0.6 is 0 Å². The van der Waals surface area contributed by atoms with Crippen molar-refractivity contribution in [1.82, 2.24) is 4.57 Å². The van der Waals surface area contributed by atoms with Gasteiger partial charge in [0.15, 0.2) is 0 Å². The van der Waals surface area contributed by atoms with Gasteiger partial charge in [0.05, 0.1) is 37.1 Å². The summed E-state index contributed by atoms with van der Waals surface area (Å²) in [6.45, 7) is 1.87. The van der Waals surface area contributed by atoms with E-state index in [4.69, 9.17) is 4.74 Å². The number of esters is 1. The number of pyridine rings is 1. The molecule has 0 spiro atoms. The van der Waals surface area contributed by atoms with Crippen molar-refractivity contribution in [3.8, 4) is 11.9 Å². The van der Waals surface area contributed by atoms with Crippen LogP contribution in [0.25, 0.3) is 0 Å². The van der Waals surface area contributed by atoms with Crippen molar-refractivity contribution in [3.63, 3.8) is 0 Å². The van der Waals surface area contributed by atoms with Gasteiger partial charge in [-0.15, -0.1) is 0 Å². The van der Waals surface area contributed by atoms with Gasteiger partial charge in [0.1, 0.15) is 11.6 Å². The van der Waals surface area contributed by atoms with E-state index in [0.29, 0.717) is 16.8 Å². The molecule has 1 N–H and O–H groups in total. The zero-order valence-electron chi connectivity index (χ0n) is 15.2. The summed E-state index contributed by atoms with van der Waals surface area (Å²) in [6, 6.07) is 8.22. The van der Waals surface area contributed by atoms with E-state index in [-0.39, 0.29) is 30.2 Å². The fourth-order valence-electron chi connectivity index (χ4n) is 2.46. The van der Waals surface area contributed by atoms with Gasteiger partial charge in [-0.05, 0) is 36.8 Å². The normalized spacial score (nSPS) is 10.7. The lowest BCUT2D eigenvalue weighted by atomic mass is 10.1. The maximum Gasteiger partial charge on any atom is 0.337 e. The van der Waals surface area contributed by atoms with Gasteiger partial charge in [-0.1, -0.05) is 0 Å². The van der Waals surface area contributed by atoms with Crippen LogP contribution in [0.15, 0.2) is 34.1 Å². The van der Waals surface area contributed by atoms with Crippen molar-refractivity contribution in [2.45, 2.75) is 13.5 Å². The van der Waals surface area contributed by atoms with Gasteiger partial charge in [0.25, 0.3) is 5.56 Å². The van der Waals surface area contributed by atoms with Gasteiger partial charge in [0.2, 0.25) is 5.88 Å². The molecule has 140 valence electrons. The van der Waals surface area contributed by atoms with E-state index in [1.807, 2.05) is 6.07 Å². The molecule has 0 aliphatic carbocycles. The van der Waals surface area contributed by atoms with E-state index < -0.39 is 11.5 Å². The third-order valence-corrected chi connectivity index (χ3v) is 4.00. The summed E-state index contributed by atoms with van der Waals surface area (Å²) in [4.78, 5) is 28.1. The number of benzene rings is 1. The fourth-order valence-corrected chi connectivity index (χ4v) is 2.46. The Bertz CT molecular complexity index is 969. The maximum absolute atomic E-state index is 12.3. The number of rotatable bonds is 6. The third-order valence-electron chi connectivity index (χ3n) is 4.00. The van der Waals surface area contributed by atoms with E-state index in [1.54, 1.807) is 31.2 Å². The summed E-state index contributed by atoms with van der Waals surface area (Å²) in [6.07, 6.45) is 1.38. The number of hydrogen-bond acceptors (Lipinski definition) is 7. The Morgan fingerprint density at radius 3 is 2.56 bits per heavy atom. The molecule has 8 nitrogen and oxygen atoms in total. The van der Waals surface area contributed by atoms with Crippen LogP contribution < -0.4 is 5.56 Å². The van der Waals surface area contributed by atoms with Crippen molar-refractivity contribution >= 4 is 17.9 Å². The minimum atomic E-state index is -0.580. The Kier molecular flexibility index (Phi) is 6.46. The second-order valence-corrected chi connectivity index (χ2v) is 5.60. The van der Waals surface area contributed by atoms with Crippen LogP contribution in [0.2, 0.25) is 0 Å². The molecule has 1 heterocycles. The molecule has 0 unspecified atom stereocenters. The molecule has 0 saturated carbocycles. The minimum Gasteiger partial charge on any atom is -0.494 e. The van der Waals surface area contributed by atoms with Gasteiger partial charge in [0, 0.05) is 13.3 Å². The van der Waals surface area contributed by atoms with Crippen LogP contribution in [-0.4, -0.2) is 42.7 Å². The standard InChI is InChI=1S/C19H19N3O5/c1-12-15(10-20)17(23)22(8-9-26-2)18(24)16(12)11-21-14-6-4-13(5-7-14)19(25)27-3/h4-7,11,24H,8-9H2,1-3H3. The number of aliphatic imine (C=N–C) groups is 1. The first-order valence-corrected chi connectivity index (χ1v) is 8.02. The van der Waals surface area contributed by atoms with Gasteiger partial charge >= 0.3 is 5.97 Å². The van der Waals surface area contributed by atoms with Crippen LogP contribution in [0.4, 0.5) is 5.69 Å². The molecular weight excluding hydrogens is 350 g/mol. The van der Waals surface area contributed by atoms with E-state index >= 15 is 0 Å². The van der Waals surface area contributed by atoms with Gasteiger partial charge < -0.3 is 14.6 Å². The summed E-state index contributed by atoms with van der Waals surface area (Å²) in [5, 5.41) is 19.8. The second-order valence-electron chi connectivity index (χ2n) is 5.60. The average Bonchev–Trinajstić information content (AvgIpc) is 2.68. The zero-order chi connectivity index (χ0) is 20.0. The number of carbonyl (C=O) groups excluding carboxylic acids is 1. The molecule has 1 aromatic carbocycles. The highest BCUT2D eigenvalue weighted by molar-refractivity contribution is 5.90. The molecule has 0 aliphatic rings. The number of nitriles is 1. The zero-order valence-corrected chi connectivity index (χ0v) is 15.2. The van der Waals surface area contributed by atoms with Crippen LogP contribution in [0, 0.1) is 18.3 Å². The number of methoxy groups -OCH3 is 2. The first-order valence-electron chi connectivity index (χ1n) is 8.02. The first kappa shape index (κ1) is 19.9. The number of carbonyl (C=O) groups is 1. The molecule has 0 amide bonds. The van der Waals surface area contributed by atoms with Crippen molar-refractivity contribution in [2.24, 2.45) is 4.99 Å². The van der Waals surface area contributed by atoms with Crippen LogP contribution in [0.1, 0.15) is 27.0 Å². The summed E-state index contributed by atoms with van der Waals surface area (Å²) in [7, 11) is 2.77. The van der Waals surface area contributed by atoms with Crippen LogP contribution in [0.5, 0.6) is 5.88 Å². The molecule has 0 fully saturated rings. The number of aromatic hydroxyl groups is 1. The quantitative estimate of drug-likeness (QED) is 0.615. The summed E-state index contributed by atoms with van der Waals surface area (Å²) in [5.74, 6) is -0.744. The number of aromatic nitrogens is 1. The lowest BCUT2D eigenvalue weighted by Crippen LogP contribution is -2.26.